The number of ether oxygens (including phenoxy) is 2. The first-order chi connectivity index (χ1) is 18.5. The molecule has 1 aliphatic heterocycles. The third kappa shape index (κ3) is 6.63. The molecule has 1 N–H and O–H groups in total. The topological polar surface area (TPSA) is 66.9 Å². The van der Waals surface area contributed by atoms with Crippen LogP contribution in [0.15, 0.2) is 29.6 Å². The molecular formula is C27H32Cl2N4O3S2. The van der Waals surface area contributed by atoms with Gasteiger partial charge in [-0.15, -0.1) is 11.3 Å². The van der Waals surface area contributed by atoms with E-state index in [9.17, 15) is 4.79 Å². The highest BCUT2D eigenvalue weighted by Gasteiger charge is 2.28. The van der Waals surface area contributed by atoms with Gasteiger partial charge < -0.3 is 14.4 Å². The van der Waals surface area contributed by atoms with Crippen molar-refractivity contribution < 1.29 is 14.3 Å². The van der Waals surface area contributed by atoms with E-state index in [4.69, 9.17) is 37.7 Å². The molecule has 38 heavy (non-hydrogen) atoms. The highest BCUT2D eigenvalue weighted by molar-refractivity contribution is 7.21. The second-order valence-electron chi connectivity index (χ2n) is 9.56. The Kier molecular flexibility index (Phi) is 9.46. The number of hydrogen-bond donors (Lipinski definition) is 1. The zero-order chi connectivity index (χ0) is 26.5. The SMILES string of the molecule is COCCOc1ccc(C(=O)Nc2nc(-c3cc(Cl)cs3)c(N3CCN(C4CCCCC4)CC3)s2)cc1Cl. The molecule has 3 aromatic rings. The number of anilines is 2. The molecule has 7 nitrogen and oxygen atoms in total. The smallest absolute Gasteiger partial charge is 0.257 e. The molecule has 2 fully saturated rings. The molecule has 204 valence electrons. The van der Waals surface area contributed by atoms with Gasteiger partial charge in [0.2, 0.25) is 0 Å². The highest BCUT2D eigenvalue weighted by Crippen LogP contribution is 2.42. The van der Waals surface area contributed by atoms with Crippen molar-refractivity contribution in [2.24, 2.45) is 0 Å². The van der Waals surface area contributed by atoms with Crippen molar-refractivity contribution in [1.82, 2.24) is 9.88 Å². The zero-order valence-electron chi connectivity index (χ0n) is 21.4. The number of aromatic nitrogens is 1. The summed E-state index contributed by atoms with van der Waals surface area (Å²) >= 11 is 15.7. The maximum Gasteiger partial charge on any atom is 0.257 e. The summed E-state index contributed by atoms with van der Waals surface area (Å²) in [6, 6.07) is 7.67. The molecule has 0 unspecified atom stereocenters. The number of halogens is 2. The number of rotatable bonds is 9. The molecular weight excluding hydrogens is 563 g/mol. The quantitative estimate of drug-likeness (QED) is 0.271. The van der Waals surface area contributed by atoms with E-state index in [0.717, 1.165) is 47.8 Å². The van der Waals surface area contributed by atoms with Gasteiger partial charge >= 0.3 is 0 Å². The highest BCUT2D eigenvalue weighted by atomic mass is 35.5. The predicted octanol–water partition coefficient (Wildman–Crippen LogP) is 6.91. The van der Waals surface area contributed by atoms with Gasteiger partial charge in [-0.25, -0.2) is 4.98 Å². The van der Waals surface area contributed by atoms with Gasteiger partial charge in [0.25, 0.3) is 5.91 Å². The Labute approximate surface area is 241 Å². The molecule has 0 radical (unpaired) electrons. The second kappa shape index (κ2) is 13.0. The minimum Gasteiger partial charge on any atom is -0.490 e. The summed E-state index contributed by atoms with van der Waals surface area (Å²) in [5.74, 6) is 0.245. The molecule has 1 amide bonds. The second-order valence-corrected chi connectivity index (χ2v) is 12.3. The van der Waals surface area contributed by atoms with Crippen LogP contribution < -0.4 is 15.0 Å². The molecule has 11 heteroatoms. The zero-order valence-corrected chi connectivity index (χ0v) is 24.5. The van der Waals surface area contributed by atoms with Gasteiger partial charge in [-0.3, -0.25) is 15.0 Å². The molecule has 2 aromatic heterocycles. The Bertz CT molecular complexity index is 1240. The van der Waals surface area contributed by atoms with Crippen molar-refractivity contribution in [2.45, 2.75) is 38.1 Å². The third-order valence-electron chi connectivity index (χ3n) is 7.06. The first-order valence-electron chi connectivity index (χ1n) is 13.0. The van der Waals surface area contributed by atoms with Crippen molar-refractivity contribution in [1.29, 1.82) is 0 Å². The maximum absolute atomic E-state index is 13.1. The standard InChI is InChI=1S/C27H32Cl2N4O3S2/c1-35-13-14-36-22-8-7-18(15-21(22)29)25(34)31-27-30-24(23-16-19(28)17-37-23)26(38-27)33-11-9-32(10-12-33)20-5-3-2-4-6-20/h7-8,15-17,20H,2-6,9-14H2,1H3,(H,30,31,34). The summed E-state index contributed by atoms with van der Waals surface area (Å²) in [4.78, 5) is 24.0. The molecule has 1 saturated carbocycles. The van der Waals surface area contributed by atoms with Gasteiger partial charge in [0, 0.05) is 50.3 Å². The lowest BCUT2D eigenvalue weighted by Gasteiger charge is -2.41. The Hall–Kier alpha value is -1.88. The lowest BCUT2D eigenvalue weighted by molar-refractivity contribution is 0.102. The van der Waals surface area contributed by atoms with Gasteiger partial charge in [-0.2, -0.15) is 0 Å². The summed E-state index contributed by atoms with van der Waals surface area (Å²) in [5, 5.41) is 7.58. The number of nitrogens with one attached hydrogen (secondary N) is 1. The van der Waals surface area contributed by atoms with Gasteiger partial charge in [-0.05, 0) is 37.1 Å². The number of benzene rings is 1. The third-order valence-corrected chi connectivity index (χ3v) is 9.67. The van der Waals surface area contributed by atoms with Crippen LogP contribution in [0.4, 0.5) is 10.1 Å². The van der Waals surface area contributed by atoms with Gasteiger partial charge in [0.15, 0.2) is 5.13 Å². The molecule has 1 aliphatic carbocycles. The van der Waals surface area contributed by atoms with E-state index < -0.39 is 0 Å². The number of nitrogens with zero attached hydrogens (tertiary/aromatic N) is 3. The van der Waals surface area contributed by atoms with Crippen LogP contribution in [0.3, 0.4) is 0 Å². The Morgan fingerprint density at radius 3 is 2.58 bits per heavy atom. The van der Waals surface area contributed by atoms with E-state index in [2.05, 4.69) is 15.1 Å². The first kappa shape index (κ1) is 27.7. The van der Waals surface area contributed by atoms with Crippen LogP contribution in [0.5, 0.6) is 5.75 Å². The minimum absolute atomic E-state index is 0.270. The molecule has 1 saturated heterocycles. The van der Waals surface area contributed by atoms with Gasteiger partial charge in [0.05, 0.1) is 21.5 Å². The van der Waals surface area contributed by atoms with Gasteiger partial charge in [0.1, 0.15) is 23.1 Å². The average Bonchev–Trinajstić information content (AvgIpc) is 3.56. The van der Waals surface area contributed by atoms with Crippen LogP contribution in [-0.2, 0) is 4.74 Å². The van der Waals surface area contributed by atoms with Crippen molar-refractivity contribution >= 4 is 61.9 Å². The summed E-state index contributed by atoms with van der Waals surface area (Å²) in [6.07, 6.45) is 6.71. The number of carbonyl (C=O) groups excluding carboxylic acids is 1. The van der Waals surface area contributed by atoms with E-state index in [1.54, 1.807) is 36.6 Å². The molecule has 0 atom stereocenters. The number of thiazole rings is 1. The van der Waals surface area contributed by atoms with Gasteiger partial charge in [-0.1, -0.05) is 53.8 Å². The lowest BCUT2D eigenvalue weighted by Crippen LogP contribution is -2.50. The number of thiophene rings is 1. The van der Waals surface area contributed by atoms with Crippen molar-refractivity contribution in [3.63, 3.8) is 0 Å². The fourth-order valence-corrected chi connectivity index (χ4v) is 7.47. The maximum atomic E-state index is 13.1. The van der Waals surface area contributed by atoms with E-state index in [1.807, 2.05) is 11.4 Å². The monoisotopic (exact) mass is 594 g/mol. The van der Waals surface area contributed by atoms with Crippen LogP contribution in [0.2, 0.25) is 10.0 Å². The van der Waals surface area contributed by atoms with E-state index >= 15 is 0 Å². The molecule has 3 heterocycles. The fraction of sp³-hybridized carbons (Fsp3) is 0.481. The van der Waals surface area contributed by atoms with E-state index in [0.29, 0.717) is 39.7 Å². The van der Waals surface area contributed by atoms with Crippen LogP contribution in [0.1, 0.15) is 42.5 Å². The number of carbonyl (C=O) groups is 1. The van der Waals surface area contributed by atoms with Crippen molar-refractivity contribution in [2.75, 3.05) is 56.7 Å². The normalized spacial score (nSPS) is 17.1. The predicted molar refractivity (Wildman–Crippen MR) is 158 cm³/mol. The number of methoxy groups -OCH3 is 1. The summed E-state index contributed by atoms with van der Waals surface area (Å²) < 4.78 is 10.6. The molecule has 5 rings (SSSR count). The molecule has 0 spiro atoms. The number of piperazine rings is 1. The molecule has 0 bridgehead atoms. The Morgan fingerprint density at radius 1 is 1.11 bits per heavy atom. The van der Waals surface area contributed by atoms with E-state index in [1.165, 1.54) is 43.4 Å². The molecule has 1 aromatic carbocycles. The van der Waals surface area contributed by atoms with Crippen molar-refractivity contribution in [3.05, 3.63) is 45.3 Å². The Balaban J connectivity index is 1.31. The van der Waals surface area contributed by atoms with Crippen LogP contribution in [-0.4, -0.2) is 68.3 Å². The lowest BCUT2D eigenvalue weighted by atomic mass is 9.94. The van der Waals surface area contributed by atoms with Crippen LogP contribution in [0.25, 0.3) is 10.6 Å². The first-order valence-corrected chi connectivity index (χ1v) is 15.4. The number of hydrogen-bond acceptors (Lipinski definition) is 8. The Morgan fingerprint density at radius 2 is 1.89 bits per heavy atom. The van der Waals surface area contributed by atoms with Crippen molar-refractivity contribution in [3.8, 4) is 16.3 Å². The minimum atomic E-state index is -0.270. The summed E-state index contributed by atoms with van der Waals surface area (Å²) in [5.41, 5.74) is 1.31. The fourth-order valence-electron chi connectivity index (χ4n) is 5.08. The average molecular weight is 596 g/mol. The van der Waals surface area contributed by atoms with Crippen LogP contribution >= 0.6 is 45.9 Å². The molecule has 2 aliphatic rings. The summed E-state index contributed by atoms with van der Waals surface area (Å²) in [7, 11) is 1.61. The summed E-state index contributed by atoms with van der Waals surface area (Å²) in [6.45, 7) is 4.82. The largest absolute Gasteiger partial charge is 0.490 e. The van der Waals surface area contributed by atoms with E-state index in [-0.39, 0.29) is 5.91 Å². The van der Waals surface area contributed by atoms with Crippen LogP contribution in [0, 0.1) is 0 Å². The number of amides is 1.